The van der Waals surface area contributed by atoms with E-state index in [0.717, 1.165) is 16.5 Å². The lowest BCUT2D eigenvalue weighted by molar-refractivity contribution is -0.139. The van der Waals surface area contributed by atoms with Crippen molar-refractivity contribution in [2.45, 2.75) is 31.0 Å². The number of benzene rings is 1. The van der Waals surface area contributed by atoms with Crippen LogP contribution in [0.4, 0.5) is 0 Å². The first-order chi connectivity index (χ1) is 11.4. The minimum atomic E-state index is -0.972. The molecule has 8 nitrogen and oxygen atoms in total. The number of fused-ring (bicyclic) bond motifs is 1. The molecule has 1 fully saturated rings. The van der Waals surface area contributed by atoms with E-state index in [0.29, 0.717) is 19.4 Å². The molecule has 1 aromatic carbocycles. The molecule has 2 heterocycles. The summed E-state index contributed by atoms with van der Waals surface area (Å²) in [6.45, 7) is 0.400. The van der Waals surface area contributed by atoms with Gasteiger partial charge in [-0.05, 0) is 11.6 Å². The molecule has 3 rings (SSSR count). The molecule has 1 aliphatic rings. The highest BCUT2D eigenvalue weighted by Gasteiger charge is 2.27. The topological polar surface area (TPSA) is 149 Å². The van der Waals surface area contributed by atoms with Gasteiger partial charge in [0.25, 0.3) is 0 Å². The van der Waals surface area contributed by atoms with Crippen LogP contribution in [-0.4, -0.2) is 57.0 Å². The van der Waals surface area contributed by atoms with Crippen LogP contribution in [0.2, 0.25) is 0 Å². The number of hydrogen-bond donors (Lipinski definition) is 6. The van der Waals surface area contributed by atoms with Crippen LogP contribution in [0.1, 0.15) is 12.0 Å². The molecule has 24 heavy (non-hydrogen) atoms. The van der Waals surface area contributed by atoms with Crippen molar-refractivity contribution in [3.63, 3.8) is 0 Å². The van der Waals surface area contributed by atoms with Gasteiger partial charge in [-0.3, -0.25) is 9.59 Å². The summed E-state index contributed by atoms with van der Waals surface area (Å²) in [4.78, 5) is 23.9. The summed E-state index contributed by atoms with van der Waals surface area (Å²) in [6, 6.07) is 6.37. The van der Waals surface area contributed by atoms with Crippen LogP contribution >= 0.6 is 0 Å². The molecule has 1 aliphatic heterocycles. The zero-order valence-electron chi connectivity index (χ0n) is 13.0. The monoisotopic (exact) mass is 335 g/mol. The molecule has 1 aromatic heterocycles. The summed E-state index contributed by atoms with van der Waals surface area (Å²) in [7, 11) is 0. The highest BCUT2D eigenvalue weighted by molar-refractivity contribution is 5.84. The van der Waals surface area contributed by atoms with Gasteiger partial charge >= 0.3 is 11.9 Å². The molecule has 0 amide bonds. The number of nitrogens with one attached hydrogen (secondary N) is 2. The standard InChI is InChI=1S/C11H12N2O2.C5H9NO3/c12-9(11(14)15)5-7-6-13-10-4-2-1-3-8(7)10;7-3-1-4(5(8)9)6-2-3/h1-4,6,9,13H,5,12H2,(H,14,15);3-4,6-7H,1-2H2,(H,8,9)/t;3-,4+/m.1/s1. The third-order valence-electron chi connectivity index (χ3n) is 3.84. The van der Waals surface area contributed by atoms with Crippen molar-refractivity contribution in [1.29, 1.82) is 0 Å². The van der Waals surface area contributed by atoms with Crippen LogP contribution < -0.4 is 11.1 Å². The number of carboxylic acid groups (broad SMARTS) is 2. The number of H-pyrrole nitrogens is 1. The number of carboxylic acids is 2. The van der Waals surface area contributed by atoms with Gasteiger partial charge in [-0.15, -0.1) is 0 Å². The highest BCUT2D eigenvalue weighted by Crippen LogP contribution is 2.18. The van der Waals surface area contributed by atoms with Crippen LogP contribution in [0.3, 0.4) is 0 Å². The Labute approximate surface area is 138 Å². The zero-order chi connectivity index (χ0) is 17.7. The summed E-state index contributed by atoms with van der Waals surface area (Å²) in [5.41, 5.74) is 7.43. The molecule has 0 aliphatic carbocycles. The molecular weight excluding hydrogens is 314 g/mol. The number of carbonyl (C=O) groups is 2. The summed E-state index contributed by atoms with van der Waals surface area (Å²) in [5.74, 6) is -1.85. The number of rotatable bonds is 4. The van der Waals surface area contributed by atoms with Gasteiger partial charge < -0.3 is 31.4 Å². The predicted molar refractivity (Wildman–Crippen MR) is 87.7 cm³/mol. The molecule has 1 unspecified atom stereocenters. The molecule has 130 valence electrons. The number of hydrogen-bond acceptors (Lipinski definition) is 5. The highest BCUT2D eigenvalue weighted by atomic mass is 16.4. The largest absolute Gasteiger partial charge is 0.480 e. The summed E-state index contributed by atoms with van der Waals surface area (Å²) >= 11 is 0. The predicted octanol–water partition coefficient (Wildman–Crippen LogP) is -0.0839. The van der Waals surface area contributed by atoms with Gasteiger partial charge in [-0.25, -0.2) is 0 Å². The quantitative estimate of drug-likeness (QED) is 0.457. The fourth-order valence-corrected chi connectivity index (χ4v) is 2.53. The fraction of sp³-hybridized carbons (Fsp3) is 0.375. The maximum Gasteiger partial charge on any atom is 0.320 e. The SMILES string of the molecule is NC(Cc1c[nH]c2ccccc12)C(=O)O.O=C(O)[C@@H]1C[C@@H](O)CN1. The number of aromatic amines is 1. The molecule has 0 saturated carbocycles. The zero-order valence-corrected chi connectivity index (χ0v) is 13.0. The van der Waals surface area contributed by atoms with Gasteiger partial charge in [-0.2, -0.15) is 0 Å². The van der Waals surface area contributed by atoms with Crippen LogP contribution in [-0.2, 0) is 16.0 Å². The third-order valence-corrected chi connectivity index (χ3v) is 3.84. The van der Waals surface area contributed by atoms with E-state index in [-0.39, 0.29) is 0 Å². The van der Waals surface area contributed by atoms with E-state index in [1.807, 2.05) is 30.5 Å². The second-order valence-corrected chi connectivity index (χ2v) is 5.70. The molecule has 0 radical (unpaired) electrons. The van der Waals surface area contributed by atoms with Gasteiger partial charge in [-0.1, -0.05) is 18.2 Å². The Morgan fingerprint density at radius 3 is 2.54 bits per heavy atom. The van der Waals surface area contributed by atoms with Crippen molar-refractivity contribution in [3.05, 3.63) is 36.0 Å². The Morgan fingerprint density at radius 2 is 2.00 bits per heavy atom. The fourth-order valence-electron chi connectivity index (χ4n) is 2.53. The van der Waals surface area contributed by atoms with Crippen LogP contribution in [0.15, 0.2) is 30.5 Å². The third kappa shape index (κ3) is 4.54. The van der Waals surface area contributed by atoms with E-state index in [2.05, 4.69) is 10.3 Å². The van der Waals surface area contributed by atoms with Gasteiger partial charge in [0.1, 0.15) is 12.1 Å². The molecular formula is C16H21N3O5. The van der Waals surface area contributed by atoms with Crippen LogP contribution in [0.25, 0.3) is 10.9 Å². The van der Waals surface area contributed by atoms with Crippen molar-refractivity contribution in [2.24, 2.45) is 5.73 Å². The Morgan fingerprint density at radius 1 is 1.29 bits per heavy atom. The lowest BCUT2D eigenvalue weighted by Crippen LogP contribution is -2.32. The van der Waals surface area contributed by atoms with E-state index >= 15 is 0 Å². The number of aliphatic hydroxyl groups is 1. The van der Waals surface area contributed by atoms with Crippen molar-refractivity contribution in [1.82, 2.24) is 10.3 Å². The molecule has 3 atom stereocenters. The number of aliphatic carboxylic acids is 2. The van der Waals surface area contributed by atoms with E-state index in [9.17, 15) is 9.59 Å². The Bertz CT molecular complexity index is 715. The summed E-state index contributed by atoms with van der Waals surface area (Å²) in [6.07, 6.45) is 2.01. The van der Waals surface area contributed by atoms with Crippen molar-refractivity contribution >= 4 is 22.8 Å². The Hall–Kier alpha value is -2.42. The van der Waals surface area contributed by atoms with E-state index in [1.54, 1.807) is 0 Å². The Kier molecular flexibility index (Phi) is 5.91. The number of nitrogens with two attached hydrogens (primary N) is 1. The van der Waals surface area contributed by atoms with Crippen molar-refractivity contribution < 1.29 is 24.9 Å². The van der Waals surface area contributed by atoms with Gasteiger partial charge in [0, 0.05) is 36.5 Å². The summed E-state index contributed by atoms with van der Waals surface area (Å²) < 4.78 is 0. The van der Waals surface area contributed by atoms with Crippen LogP contribution in [0.5, 0.6) is 0 Å². The number of β-amino-alcohol motifs (C(OH)–C–C–N with tert-alkyl or cyclic N) is 1. The average molecular weight is 335 g/mol. The summed E-state index contributed by atoms with van der Waals surface area (Å²) in [5, 5.41) is 29.6. The molecule has 0 bridgehead atoms. The van der Waals surface area contributed by atoms with Crippen LogP contribution in [0, 0.1) is 0 Å². The van der Waals surface area contributed by atoms with E-state index < -0.39 is 30.1 Å². The first-order valence-corrected chi connectivity index (χ1v) is 7.56. The van der Waals surface area contributed by atoms with Crippen molar-refractivity contribution in [3.8, 4) is 0 Å². The van der Waals surface area contributed by atoms with Gasteiger partial charge in [0.15, 0.2) is 0 Å². The molecule has 1 saturated heterocycles. The molecule has 2 aromatic rings. The smallest absolute Gasteiger partial charge is 0.320 e. The number of aliphatic hydroxyl groups excluding tert-OH is 1. The Balaban J connectivity index is 0.000000198. The normalized spacial score (nSPS) is 21.1. The minimum absolute atomic E-state index is 0.329. The molecule has 0 spiro atoms. The average Bonchev–Trinajstić information content (AvgIpc) is 3.15. The van der Waals surface area contributed by atoms with E-state index in [1.165, 1.54) is 0 Å². The molecule has 7 N–H and O–H groups in total. The number of para-hydroxylation sites is 1. The minimum Gasteiger partial charge on any atom is -0.480 e. The maximum absolute atomic E-state index is 10.6. The lowest BCUT2D eigenvalue weighted by Gasteiger charge is -2.04. The first kappa shape index (κ1) is 17.9. The van der Waals surface area contributed by atoms with E-state index in [4.69, 9.17) is 21.1 Å². The molecule has 8 heteroatoms. The van der Waals surface area contributed by atoms with Gasteiger partial charge in [0.2, 0.25) is 0 Å². The van der Waals surface area contributed by atoms with Crippen molar-refractivity contribution in [2.75, 3.05) is 6.54 Å². The lowest BCUT2D eigenvalue weighted by atomic mass is 10.1. The first-order valence-electron chi connectivity index (χ1n) is 7.56. The second-order valence-electron chi connectivity index (χ2n) is 5.70. The second kappa shape index (κ2) is 7.91. The number of aromatic nitrogens is 1. The maximum atomic E-state index is 10.6. The van der Waals surface area contributed by atoms with Gasteiger partial charge in [0.05, 0.1) is 6.10 Å².